The van der Waals surface area contributed by atoms with Crippen molar-refractivity contribution in [2.75, 3.05) is 6.61 Å². The molecular formula is C15H23F3N2O3. The number of hydrogen-bond acceptors (Lipinski definition) is 5. The summed E-state index contributed by atoms with van der Waals surface area (Å²) in [5.41, 5.74) is -0.898. The smallest absolute Gasteiger partial charge is 0.390 e. The Morgan fingerprint density at radius 3 is 2.48 bits per heavy atom. The second-order valence-electron chi connectivity index (χ2n) is 5.87. The number of halogens is 3. The quantitative estimate of drug-likeness (QED) is 0.867. The highest BCUT2D eigenvalue weighted by Gasteiger charge is 2.32. The van der Waals surface area contributed by atoms with Gasteiger partial charge in [-0.3, -0.25) is 0 Å². The van der Waals surface area contributed by atoms with Crippen molar-refractivity contribution in [1.82, 2.24) is 9.97 Å². The van der Waals surface area contributed by atoms with Crippen molar-refractivity contribution < 1.29 is 28.1 Å². The first-order valence-corrected chi connectivity index (χ1v) is 7.45. The molecule has 0 saturated carbocycles. The predicted molar refractivity (Wildman–Crippen MR) is 77.6 cm³/mol. The lowest BCUT2D eigenvalue weighted by Gasteiger charge is -2.32. The molecule has 0 aromatic carbocycles. The Kier molecular flexibility index (Phi) is 7.37. The van der Waals surface area contributed by atoms with Crippen molar-refractivity contribution in [1.29, 1.82) is 0 Å². The van der Waals surface area contributed by atoms with Crippen LogP contribution in [0, 0.1) is 12.8 Å². The molecule has 2 rings (SSSR count). The van der Waals surface area contributed by atoms with E-state index in [2.05, 4.69) is 23.8 Å². The van der Waals surface area contributed by atoms with E-state index in [9.17, 15) is 23.4 Å². The van der Waals surface area contributed by atoms with Gasteiger partial charge in [-0.1, -0.05) is 13.8 Å². The van der Waals surface area contributed by atoms with Crippen LogP contribution in [-0.4, -0.2) is 45.1 Å². The van der Waals surface area contributed by atoms with E-state index in [1.807, 2.05) is 0 Å². The summed E-state index contributed by atoms with van der Waals surface area (Å²) in [4.78, 5) is 6.75. The summed E-state index contributed by atoms with van der Waals surface area (Å²) in [6, 6.07) is 0.840. The lowest BCUT2D eigenvalue weighted by atomic mass is 9.95. The van der Waals surface area contributed by atoms with Gasteiger partial charge in [-0.2, -0.15) is 13.2 Å². The van der Waals surface area contributed by atoms with Gasteiger partial charge >= 0.3 is 6.18 Å². The zero-order chi connectivity index (χ0) is 17.6. The maximum Gasteiger partial charge on any atom is 0.433 e. The highest BCUT2D eigenvalue weighted by Crippen LogP contribution is 2.26. The zero-order valence-electron chi connectivity index (χ0n) is 13.4. The number of hydrogen-bond donors (Lipinski definition) is 2. The van der Waals surface area contributed by atoms with E-state index in [1.165, 1.54) is 6.92 Å². The van der Waals surface area contributed by atoms with Crippen molar-refractivity contribution in [2.45, 2.75) is 58.1 Å². The molecule has 1 aromatic heterocycles. The minimum Gasteiger partial charge on any atom is -0.390 e. The number of rotatable bonds is 2. The van der Waals surface area contributed by atoms with E-state index in [4.69, 9.17) is 4.74 Å². The predicted octanol–water partition coefficient (Wildman–Crippen LogP) is 2.35. The van der Waals surface area contributed by atoms with E-state index in [0.29, 0.717) is 18.9 Å². The number of aryl methyl sites for hydroxylation is 1. The number of aliphatic hydroxyl groups is 2. The second kappa shape index (κ2) is 8.56. The van der Waals surface area contributed by atoms with Gasteiger partial charge in [0.2, 0.25) is 0 Å². The van der Waals surface area contributed by atoms with Crippen LogP contribution in [0.4, 0.5) is 13.2 Å². The summed E-state index contributed by atoms with van der Waals surface area (Å²) in [5, 5.41) is 18.8. The normalized spacial score (nSPS) is 25.0. The van der Waals surface area contributed by atoms with Crippen molar-refractivity contribution in [3.8, 4) is 0 Å². The third kappa shape index (κ3) is 6.80. The third-order valence-corrected chi connectivity index (χ3v) is 3.29. The van der Waals surface area contributed by atoms with Crippen LogP contribution >= 0.6 is 0 Å². The molecule has 1 fully saturated rings. The maximum absolute atomic E-state index is 11.9. The lowest BCUT2D eigenvalue weighted by molar-refractivity contribution is -0.141. The van der Waals surface area contributed by atoms with Gasteiger partial charge in [0.25, 0.3) is 0 Å². The molecule has 1 saturated heterocycles. The first-order chi connectivity index (χ1) is 10.6. The molecule has 5 nitrogen and oxygen atoms in total. The van der Waals surface area contributed by atoms with Crippen LogP contribution in [0.15, 0.2) is 12.3 Å². The molecule has 0 radical (unpaired) electrons. The number of nitrogens with zero attached hydrogens (tertiary/aromatic N) is 2. The fourth-order valence-corrected chi connectivity index (χ4v) is 2.14. The van der Waals surface area contributed by atoms with Crippen LogP contribution in [0.25, 0.3) is 0 Å². The number of ether oxygens (including phenoxy) is 1. The largest absolute Gasteiger partial charge is 0.433 e. The zero-order valence-corrected chi connectivity index (χ0v) is 13.4. The molecule has 0 spiro atoms. The highest BCUT2D eigenvalue weighted by atomic mass is 19.4. The molecule has 1 aromatic rings. The van der Waals surface area contributed by atoms with Gasteiger partial charge in [-0.25, -0.2) is 9.97 Å². The summed E-state index contributed by atoms with van der Waals surface area (Å²) in [6.45, 7) is 6.14. The van der Waals surface area contributed by atoms with Crippen LogP contribution in [0.1, 0.15) is 38.2 Å². The van der Waals surface area contributed by atoms with Crippen LogP contribution in [0.3, 0.4) is 0 Å². The Morgan fingerprint density at radius 2 is 2.00 bits per heavy atom. The lowest BCUT2D eigenvalue weighted by Crippen LogP contribution is -2.44. The molecule has 23 heavy (non-hydrogen) atoms. The number of aliphatic hydroxyl groups excluding tert-OH is 2. The average Bonchev–Trinajstić information content (AvgIpc) is 2.43. The molecule has 3 unspecified atom stereocenters. The number of alkyl halides is 3. The minimum atomic E-state index is -4.37. The van der Waals surface area contributed by atoms with E-state index >= 15 is 0 Å². The molecule has 8 heteroatoms. The van der Waals surface area contributed by atoms with Gasteiger partial charge in [0, 0.05) is 12.8 Å². The summed E-state index contributed by atoms with van der Waals surface area (Å²) in [6.07, 6.45) is -3.37. The van der Waals surface area contributed by atoms with Crippen molar-refractivity contribution in [3.05, 3.63) is 23.8 Å². The van der Waals surface area contributed by atoms with Gasteiger partial charge < -0.3 is 14.9 Å². The molecule has 3 atom stereocenters. The van der Waals surface area contributed by atoms with Crippen molar-refractivity contribution in [2.24, 2.45) is 5.92 Å². The first kappa shape index (κ1) is 19.8. The first-order valence-electron chi connectivity index (χ1n) is 7.45. The molecular weight excluding hydrogens is 313 g/mol. The molecule has 1 aliphatic heterocycles. The molecule has 132 valence electrons. The average molecular weight is 336 g/mol. The Balaban J connectivity index is 0.000000231. The fourth-order valence-electron chi connectivity index (χ4n) is 2.14. The Morgan fingerprint density at radius 1 is 1.35 bits per heavy atom. The van der Waals surface area contributed by atoms with E-state index < -0.39 is 24.1 Å². The molecule has 0 bridgehead atoms. The van der Waals surface area contributed by atoms with E-state index in [-0.39, 0.29) is 11.9 Å². The topological polar surface area (TPSA) is 75.5 Å². The molecule has 0 aliphatic carbocycles. The summed E-state index contributed by atoms with van der Waals surface area (Å²) in [7, 11) is 0. The van der Waals surface area contributed by atoms with Crippen LogP contribution < -0.4 is 0 Å². The van der Waals surface area contributed by atoms with Crippen LogP contribution in [0.2, 0.25) is 0 Å². The SMILES string of the molecule is CC(C)CC1OCCC(O)C1O.Cc1nccc(C(F)(F)F)n1. The van der Waals surface area contributed by atoms with E-state index in [0.717, 1.165) is 18.7 Å². The van der Waals surface area contributed by atoms with Crippen molar-refractivity contribution >= 4 is 0 Å². The minimum absolute atomic E-state index is 0.125. The molecule has 0 amide bonds. The highest BCUT2D eigenvalue weighted by molar-refractivity contribution is 5.05. The second-order valence-corrected chi connectivity index (χ2v) is 5.87. The Labute approximate surface area is 133 Å². The monoisotopic (exact) mass is 336 g/mol. The fraction of sp³-hybridized carbons (Fsp3) is 0.733. The van der Waals surface area contributed by atoms with E-state index in [1.54, 1.807) is 0 Å². The van der Waals surface area contributed by atoms with Gasteiger partial charge in [-0.15, -0.1) is 0 Å². The summed E-state index contributed by atoms with van der Waals surface area (Å²) in [5.74, 6) is 0.620. The summed E-state index contributed by atoms with van der Waals surface area (Å²) >= 11 is 0. The Hall–Kier alpha value is -1.25. The molecule has 2 N–H and O–H groups in total. The summed E-state index contributed by atoms with van der Waals surface area (Å²) < 4.78 is 41.0. The maximum atomic E-state index is 11.9. The van der Waals surface area contributed by atoms with Gasteiger partial charge in [0.15, 0.2) is 0 Å². The van der Waals surface area contributed by atoms with Crippen molar-refractivity contribution in [3.63, 3.8) is 0 Å². The van der Waals surface area contributed by atoms with Crippen LogP contribution in [0.5, 0.6) is 0 Å². The molecule has 1 aliphatic rings. The molecule has 2 heterocycles. The van der Waals surface area contributed by atoms with Gasteiger partial charge in [0.05, 0.1) is 12.2 Å². The van der Waals surface area contributed by atoms with Crippen LogP contribution in [-0.2, 0) is 10.9 Å². The van der Waals surface area contributed by atoms with Gasteiger partial charge in [-0.05, 0) is 31.7 Å². The third-order valence-electron chi connectivity index (χ3n) is 3.29. The van der Waals surface area contributed by atoms with Gasteiger partial charge in [0.1, 0.15) is 17.6 Å². The Bertz CT molecular complexity index is 483. The number of aromatic nitrogens is 2. The standard InChI is InChI=1S/C9H18O3.C6H5F3N2/c1-6(2)5-8-9(11)7(10)3-4-12-8;1-4-10-3-2-5(11-4)6(7,8)9/h6-11H,3-5H2,1-2H3;2-3H,1H3.